The molecule has 0 saturated carbocycles. The first-order valence-electron chi connectivity index (χ1n) is 8.38. The molecule has 0 radical (unpaired) electrons. The fourth-order valence-electron chi connectivity index (χ4n) is 3.20. The SMILES string of the molecule is NC(=O)c1cccc2[nH]c(-c3cccc(CN4CCOCC4)c3)nc12. The standard InChI is InChI=1S/C19H20N4O2/c20-18(24)15-5-2-6-16-17(15)22-19(21-16)14-4-1-3-13(11-14)12-23-7-9-25-10-8-23/h1-6,11H,7-10,12H2,(H2,20,24)(H,21,22). The van der Waals surface area contributed by atoms with Crippen molar-refractivity contribution < 1.29 is 9.53 Å². The van der Waals surface area contributed by atoms with E-state index in [1.807, 2.05) is 18.2 Å². The lowest BCUT2D eigenvalue weighted by Crippen LogP contribution is -2.35. The molecule has 6 nitrogen and oxygen atoms in total. The van der Waals surface area contributed by atoms with E-state index in [2.05, 4.69) is 27.0 Å². The quantitative estimate of drug-likeness (QED) is 0.765. The molecule has 1 aliphatic heterocycles. The van der Waals surface area contributed by atoms with E-state index in [0.29, 0.717) is 11.1 Å². The summed E-state index contributed by atoms with van der Waals surface area (Å²) < 4.78 is 5.40. The number of primary amides is 1. The van der Waals surface area contributed by atoms with E-state index in [1.54, 1.807) is 12.1 Å². The van der Waals surface area contributed by atoms with Gasteiger partial charge in [0.1, 0.15) is 11.3 Å². The number of rotatable bonds is 4. The zero-order chi connectivity index (χ0) is 17.2. The minimum absolute atomic E-state index is 0.435. The van der Waals surface area contributed by atoms with Gasteiger partial charge in [0.15, 0.2) is 0 Å². The number of benzene rings is 2. The van der Waals surface area contributed by atoms with Crippen LogP contribution in [0.15, 0.2) is 42.5 Å². The van der Waals surface area contributed by atoms with Crippen LogP contribution in [-0.2, 0) is 11.3 Å². The molecule has 1 aromatic heterocycles. The molecule has 0 aliphatic carbocycles. The third-order valence-corrected chi connectivity index (χ3v) is 4.49. The van der Waals surface area contributed by atoms with Gasteiger partial charge in [-0.2, -0.15) is 0 Å². The Kier molecular flexibility index (Phi) is 4.21. The number of aromatic nitrogens is 2. The van der Waals surface area contributed by atoms with Crippen LogP contribution >= 0.6 is 0 Å². The maximum atomic E-state index is 11.6. The molecule has 2 aromatic carbocycles. The van der Waals surface area contributed by atoms with E-state index in [0.717, 1.165) is 49.8 Å². The van der Waals surface area contributed by atoms with Crippen molar-refractivity contribution >= 4 is 16.9 Å². The zero-order valence-electron chi connectivity index (χ0n) is 13.9. The number of imidazole rings is 1. The fraction of sp³-hybridized carbons (Fsp3) is 0.263. The van der Waals surface area contributed by atoms with Crippen molar-refractivity contribution in [3.8, 4) is 11.4 Å². The third-order valence-electron chi connectivity index (χ3n) is 4.49. The third kappa shape index (κ3) is 3.26. The molecule has 25 heavy (non-hydrogen) atoms. The van der Waals surface area contributed by atoms with Gasteiger partial charge in [0, 0.05) is 25.2 Å². The molecule has 0 atom stereocenters. The number of H-pyrrole nitrogens is 1. The van der Waals surface area contributed by atoms with Crippen molar-refractivity contribution in [1.82, 2.24) is 14.9 Å². The van der Waals surface area contributed by atoms with Gasteiger partial charge in [-0.25, -0.2) is 4.98 Å². The molecule has 3 aromatic rings. The number of nitrogens with one attached hydrogen (secondary N) is 1. The van der Waals surface area contributed by atoms with Crippen molar-refractivity contribution in [1.29, 1.82) is 0 Å². The number of aromatic amines is 1. The highest BCUT2D eigenvalue weighted by molar-refractivity contribution is 6.04. The van der Waals surface area contributed by atoms with Gasteiger partial charge in [0.05, 0.1) is 24.3 Å². The Morgan fingerprint density at radius 3 is 2.80 bits per heavy atom. The molecule has 128 valence electrons. The molecule has 1 fully saturated rings. The number of ether oxygens (including phenoxy) is 1. The Morgan fingerprint density at radius 2 is 2.00 bits per heavy atom. The van der Waals surface area contributed by atoms with E-state index in [-0.39, 0.29) is 0 Å². The number of amides is 1. The second-order valence-electron chi connectivity index (χ2n) is 6.24. The highest BCUT2D eigenvalue weighted by atomic mass is 16.5. The van der Waals surface area contributed by atoms with E-state index >= 15 is 0 Å². The van der Waals surface area contributed by atoms with Crippen LogP contribution < -0.4 is 5.73 Å². The van der Waals surface area contributed by atoms with E-state index in [4.69, 9.17) is 10.5 Å². The van der Waals surface area contributed by atoms with Gasteiger partial charge >= 0.3 is 0 Å². The van der Waals surface area contributed by atoms with Crippen molar-refractivity contribution in [3.05, 3.63) is 53.6 Å². The van der Waals surface area contributed by atoms with Gasteiger partial charge in [0.2, 0.25) is 0 Å². The summed E-state index contributed by atoms with van der Waals surface area (Å²) in [6.45, 7) is 4.38. The summed E-state index contributed by atoms with van der Waals surface area (Å²) in [5.74, 6) is 0.275. The van der Waals surface area contributed by atoms with Gasteiger partial charge in [0.25, 0.3) is 5.91 Å². The number of nitrogens with zero attached hydrogens (tertiary/aromatic N) is 2. The summed E-state index contributed by atoms with van der Waals surface area (Å²) in [4.78, 5) is 21.9. The van der Waals surface area contributed by atoms with Gasteiger partial charge in [-0.1, -0.05) is 24.3 Å². The number of carbonyl (C=O) groups excluding carboxylic acids is 1. The predicted octanol–water partition coefficient (Wildman–Crippen LogP) is 2.16. The van der Waals surface area contributed by atoms with Crippen LogP contribution in [0.3, 0.4) is 0 Å². The molecule has 1 saturated heterocycles. The lowest BCUT2D eigenvalue weighted by Gasteiger charge is -2.26. The highest BCUT2D eigenvalue weighted by Gasteiger charge is 2.14. The summed E-state index contributed by atoms with van der Waals surface area (Å²) in [5, 5.41) is 0. The maximum absolute atomic E-state index is 11.6. The Hall–Kier alpha value is -2.70. The fourth-order valence-corrected chi connectivity index (χ4v) is 3.20. The number of para-hydroxylation sites is 1. The van der Waals surface area contributed by atoms with Crippen LogP contribution in [0.2, 0.25) is 0 Å². The minimum atomic E-state index is -0.468. The molecule has 0 spiro atoms. The molecule has 2 heterocycles. The highest BCUT2D eigenvalue weighted by Crippen LogP contribution is 2.24. The first-order chi connectivity index (χ1) is 12.2. The predicted molar refractivity (Wildman–Crippen MR) is 96.1 cm³/mol. The van der Waals surface area contributed by atoms with E-state index in [9.17, 15) is 4.79 Å². The van der Waals surface area contributed by atoms with E-state index < -0.39 is 5.91 Å². The minimum Gasteiger partial charge on any atom is -0.379 e. The molecule has 0 unspecified atom stereocenters. The molecule has 1 aliphatic rings. The Bertz CT molecular complexity index is 913. The summed E-state index contributed by atoms with van der Waals surface area (Å²) >= 11 is 0. The molecule has 6 heteroatoms. The number of hydrogen-bond donors (Lipinski definition) is 2. The topological polar surface area (TPSA) is 84.2 Å². The Balaban J connectivity index is 1.65. The van der Waals surface area contributed by atoms with Crippen LogP contribution in [0, 0.1) is 0 Å². The van der Waals surface area contributed by atoms with Crippen molar-refractivity contribution in [2.24, 2.45) is 5.73 Å². The Morgan fingerprint density at radius 1 is 1.20 bits per heavy atom. The smallest absolute Gasteiger partial charge is 0.250 e. The monoisotopic (exact) mass is 336 g/mol. The molecule has 0 bridgehead atoms. The molecule has 3 N–H and O–H groups in total. The number of morpholine rings is 1. The lowest BCUT2D eigenvalue weighted by molar-refractivity contribution is 0.0342. The summed E-state index contributed by atoms with van der Waals surface area (Å²) in [7, 11) is 0. The van der Waals surface area contributed by atoms with Crippen LogP contribution in [-0.4, -0.2) is 47.1 Å². The average Bonchev–Trinajstić information content (AvgIpc) is 3.07. The Labute approximate surface area is 145 Å². The van der Waals surface area contributed by atoms with Crippen molar-refractivity contribution in [2.75, 3.05) is 26.3 Å². The average molecular weight is 336 g/mol. The first-order valence-corrected chi connectivity index (χ1v) is 8.38. The van der Waals surface area contributed by atoms with Crippen LogP contribution in [0.1, 0.15) is 15.9 Å². The van der Waals surface area contributed by atoms with Crippen LogP contribution in [0.4, 0.5) is 0 Å². The van der Waals surface area contributed by atoms with E-state index in [1.165, 1.54) is 5.56 Å². The summed E-state index contributed by atoms with van der Waals surface area (Å²) in [6, 6.07) is 13.7. The first kappa shape index (κ1) is 15.8. The summed E-state index contributed by atoms with van der Waals surface area (Å²) in [5.41, 5.74) is 9.54. The van der Waals surface area contributed by atoms with Gasteiger partial charge in [-0.3, -0.25) is 9.69 Å². The van der Waals surface area contributed by atoms with Crippen LogP contribution in [0.5, 0.6) is 0 Å². The number of nitrogens with two attached hydrogens (primary N) is 1. The van der Waals surface area contributed by atoms with Crippen LogP contribution in [0.25, 0.3) is 22.4 Å². The number of hydrogen-bond acceptors (Lipinski definition) is 4. The zero-order valence-corrected chi connectivity index (χ0v) is 13.9. The van der Waals surface area contributed by atoms with Crippen molar-refractivity contribution in [3.63, 3.8) is 0 Å². The van der Waals surface area contributed by atoms with Gasteiger partial charge in [-0.15, -0.1) is 0 Å². The second kappa shape index (κ2) is 6.66. The van der Waals surface area contributed by atoms with Crippen molar-refractivity contribution in [2.45, 2.75) is 6.54 Å². The number of carbonyl (C=O) groups is 1. The second-order valence-corrected chi connectivity index (χ2v) is 6.24. The van der Waals surface area contributed by atoms with Gasteiger partial charge in [-0.05, 0) is 23.8 Å². The molecule has 1 amide bonds. The molecular formula is C19H20N4O2. The maximum Gasteiger partial charge on any atom is 0.250 e. The largest absolute Gasteiger partial charge is 0.379 e. The molecule has 4 rings (SSSR count). The number of fused-ring (bicyclic) bond motifs is 1. The van der Waals surface area contributed by atoms with Gasteiger partial charge < -0.3 is 15.5 Å². The summed E-state index contributed by atoms with van der Waals surface area (Å²) in [6.07, 6.45) is 0. The molecular weight excluding hydrogens is 316 g/mol. The lowest BCUT2D eigenvalue weighted by atomic mass is 10.1. The normalized spacial score (nSPS) is 15.5.